The number of carbonyl (C=O) groups excluding carboxylic acids is 1. The molecular formula is C19H22N4O. The molecule has 1 aliphatic carbocycles. The molecule has 1 amide bonds. The van der Waals surface area contributed by atoms with Crippen molar-refractivity contribution in [3.8, 4) is 0 Å². The summed E-state index contributed by atoms with van der Waals surface area (Å²) in [6.45, 7) is 2.28. The summed E-state index contributed by atoms with van der Waals surface area (Å²) in [6.07, 6.45) is 10.8. The van der Waals surface area contributed by atoms with Crippen LogP contribution in [0.1, 0.15) is 40.9 Å². The van der Waals surface area contributed by atoms with Crippen molar-refractivity contribution in [3.63, 3.8) is 0 Å². The minimum atomic E-state index is -0.215. The number of anilines is 1. The lowest BCUT2D eigenvalue weighted by molar-refractivity contribution is 0.102. The molecule has 5 heteroatoms. The number of hydrogen-bond acceptors (Lipinski definition) is 4. The molecule has 2 aromatic rings. The maximum Gasteiger partial charge on any atom is 0.275 e. The van der Waals surface area contributed by atoms with Crippen molar-refractivity contribution in [1.29, 1.82) is 0 Å². The molecule has 2 aliphatic rings. The highest BCUT2D eigenvalue weighted by molar-refractivity contribution is 6.02. The number of carbonyl (C=O) groups is 1. The lowest BCUT2D eigenvalue weighted by Gasteiger charge is -2.36. The van der Waals surface area contributed by atoms with E-state index in [4.69, 9.17) is 0 Å². The number of fused-ring (bicyclic) bond motifs is 1. The first-order chi connectivity index (χ1) is 11.8. The van der Waals surface area contributed by atoms with Crippen LogP contribution in [0.5, 0.6) is 0 Å². The Hall–Kier alpha value is -2.27. The fourth-order valence-electron chi connectivity index (χ4n) is 3.55. The Kier molecular flexibility index (Phi) is 4.26. The summed E-state index contributed by atoms with van der Waals surface area (Å²) in [4.78, 5) is 22.8. The number of hydrogen-bond donors (Lipinski definition) is 1. The molecule has 0 saturated heterocycles. The summed E-state index contributed by atoms with van der Waals surface area (Å²) in [5.41, 5.74) is 3.94. The van der Waals surface area contributed by atoms with Gasteiger partial charge in [-0.2, -0.15) is 0 Å². The van der Waals surface area contributed by atoms with Crippen molar-refractivity contribution in [2.45, 2.75) is 38.1 Å². The Morgan fingerprint density at radius 3 is 2.67 bits per heavy atom. The van der Waals surface area contributed by atoms with Gasteiger partial charge >= 0.3 is 0 Å². The average Bonchev–Trinajstić information content (AvgIpc) is 2.77. The van der Waals surface area contributed by atoms with Crippen LogP contribution in [0.4, 0.5) is 5.69 Å². The van der Waals surface area contributed by atoms with E-state index in [1.165, 1.54) is 42.8 Å². The molecule has 1 saturated carbocycles. The fraction of sp³-hybridized carbons (Fsp3) is 0.421. The number of nitrogens with one attached hydrogen (secondary N) is 1. The Bertz CT molecular complexity index is 727. The third-order valence-electron chi connectivity index (χ3n) is 5.19. The molecule has 1 N–H and O–H groups in total. The smallest absolute Gasteiger partial charge is 0.275 e. The van der Waals surface area contributed by atoms with Crippen molar-refractivity contribution in [2.75, 3.05) is 18.4 Å². The third kappa shape index (κ3) is 3.17. The second kappa shape index (κ2) is 6.69. The van der Waals surface area contributed by atoms with E-state index >= 15 is 0 Å². The van der Waals surface area contributed by atoms with Gasteiger partial charge in [-0.1, -0.05) is 12.5 Å². The van der Waals surface area contributed by atoms with Crippen molar-refractivity contribution >= 4 is 11.6 Å². The molecule has 0 bridgehead atoms. The van der Waals surface area contributed by atoms with Crippen LogP contribution in [-0.4, -0.2) is 39.9 Å². The first-order valence-electron chi connectivity index (χ1n) is 8.73. The van der Waals surface area contributed by atoms with E-state index in [-0.39, 0.29) is 5.91 Å². The van der Waals surface area contributed by atoms with Crippen molar-refractivity contribution in [3.05, 3.63) is 53.6 Å². The summed E-state index contributed by atoms with van der Waals surface area (Å²) in [5.74, 6) is -0.215. The normalized spacial score (nSPS) is 18.3. The van der Waals surface area contributed by atoms with Crippen LogP contribution >= 0.6 is 0 Å². The van der Waals surface area contributed by atoms with Gasteiger partial charge in [0.25, 0.3) is 5.91 Å². The van der Waals surface area contributed by atoms with Crippen molar-refractivity contribution < 1.29 is 4.79 Å². The zero-order valence-corrected chi connectivity index (χ0v) is 13.7. The van der Waals surface area contributed by atoms with Crippen LogP contribution in [0, 0.1) is 0 Å². The molecule has 1 aliphatic heterocycles. The predicted molar refractivity (Wildman–Crippen MR) is 93.0 cm³/mol. The Balaban J connectivity index is 1.46. The molecule has 5 nitrogen and oxygen atoms in total. The zero-order valence-electron chi connectivity index (χ0n) is 13.7. The van der Waals surface area contributed by atoms with Gasteiger partial charge in [0, 0.05) is 37.2 Å². The number of rotatable bonds is 3. The van der Waals surface area contributed by atoms with Gasteiger partial charge in [-0.15, -0.1) is 0 Å². The highest BCUT2D eigenvalue weighted by Gasteiger charge is 2.26. The molecule has 0 unspecified atom stereocenters. The Labute approximate surface area is 142 Å². The maximum atomic E-state index is 12.2. The number of amides is 1. The van der Waals surface area contributed by atoms with E-state index in [0.717, 1.165) is 37.7 Å². The minimum absolute atomic E-state index is 0.215. The maximum absolute atomic E-state index is 12.2. The first-order valence-corrected chi connectivity index (χ1v) is 8.73. The second-order valence-electron chi connectivity index (χ2n) is 6.65. The van der Waals surface area contributed by atoms with Crippen LogP contribution in [0.2, 0.25) is 0 Å². The van der Waals surface area contributed by atoms with Crippen LogP contribution in [0.25, 0.3) is 0 Å². The third-order valence-corrected chi connectivity index (χ3v) is 5.19. The highest BCUT2D eigenvalue weighted by Crippen LogP contribution is 2.28. The van der Waals surface area contributed by atoms with Gasteiger partial charge in [-0.05, 0) is 48.9 Å². The van der Waals surface area contributed by atoms with Gasteiger partial charge in [0.05, 0.1) is 6.20 Å². The van der Waals surface area contributed by atoms with Gasteiger partial charge < -0.3 is 5.32 Å². The number of aromatic nitrogens is 2. The molecule has 124 valence electrons. The molecular weight excluding hydrogens is 300 g/mol. The van der Waals surface area contributed by atoms with E-state index in [9.17, 15) is 4.79 Å². The van der Waals surface area contributed by atoms with Gasteiger partial charge in [0.1, 0.15) is 5.69 Å². The first kappa shape index (κ1) is 15.3. The number of benzene rings is 1. The highest BCUT2D eigenvalue weighted by atomic mass is 16.1. The molecule has 1 aromatic carbocycles. The standard InChI is InChI=1S/C19H22N4O/c24-19(18-13-20-8-9-21-18)22-16-5-4-14-6-10-23(17-2-1-3-17)11-7-15(14)12-16/h4-5,8-9,12-13,17H,1-3,6-7,10-11H2,(H,22,24). The molecule has 0 atom stereocenters. The molecule has 0 spiro atoms. The van der Waals surface area contributed by atoms with E-state index in [1.54, 1.807) is 6.20 Å². The van der Waals surface area contributed by atoms with Crippen molar-refractivity contribution in [2.24, 2.45) is 0 Å². The molecule has 1 fully saturated rings. The van der Waals surface area contributed by atoms with Crippen LogP contribution in [0.3, 0.4) is 0 Å². The van der Waals surface area contributed by atoms with E-state index in [0.29, 0.717) is 5.69 Å². The number of nitrogens with zero attached hydrogens (tertiary/aromatic N) is 3. The summed E-state index contributed by atoms with van der Waals surface area (Å²) in [7, 11) is 0. The van der Waals surface area contributed by atoms with Gasteiger partial charge in [0.15, 0.2) is 0 Å². The monoisotopic (exact) mass is 322 g/mol. The van der Waals surface area contributed by atoms with Gasteiger partial charge in [-0.25, -0.2) is 4.98 Å². The molecule has 0 radical (unpaired) electrons. The quantitative estimate of drug-likeness (QED) is 0.944. The lowest BCUT2D eigenvalue weighted by atomic mass is 9.91. The summed E-state index contributed by atoms with van der Waals surface area (Å²) >= 11 is 0. The topological polar surface area (TPSA) is 58.1 Å². The fourth-order valence-corrected chi connectivity index (χ4v) is 3.55. The molecule has 2 heterocycles. The Morgan fingerprint density at radius 2 is 1.96 bits per heavy atom. The van der Waals surface area contributed by atoms with Crippen LogP contribution < -0.4 is 5.32 Å². The summed E-state index contributed by atoms with van der Waals surface area (Å²) < 4.78 is 0. The largest absolute Gasteiger partial charge is 0.321 e. The summed E-state index contributed by atoms with van der Waals surface area (Å²) in [5, 5.41) is 2.93. The zero-order chi connectivity index (χ0) is 16.4. The molecule has 1 aromatic heterocycles. The van der Waals surface area contributed by atoms with Crippen LogP contribution in [0.15, 0.2) is 36.8 Å². The predicted octanol–water partition coefficient (Wildman–Crippen LogP) is 2.68. The second-order valence-corrected chi connectivity index (χ2v) is 6.65. The van der Waals surface area contributed by atoms with Crippen LogP contribution in [-0.2, 0) is 12.8 Å². The van der Waals surface area contributed by atoms with E-state index in [2.05, 4.69) is 32.3 Å². The molecule has 4 rings (SSSR count). The SMILES string of the molecule is O=C(Nc1ccc2c(c1)CCN(C1CCC1)CC2)c1cnccn1. The van der Waals surface area contributed by atoms with Crippen molar-refractivity contribution in [1.82, 2.24) is 14.9 Å². The van der Waals surface area contributed by atoms with Gasteiger partial charge in [0.2, 0.25) is 0 Å². The average molecular weight is 322 g/mol. The Morgan fingerprint density at radius 1 is 1.12 bits per heavy atom. The summed E-state index contributed by atoms with van der Waals surface area (Å²) in [6, 6.07) is 7.07. The van der Waals surface area contributed by atoms with Gasteiger partial charge in [-0.3, -0.25) is 14.7 Å². The lowest BCUT2D eigenvalue weighted by Crippen LogP contribution is -2.41. The van der Waals surface area contributed by atoms with E-state index < -0.39 is 0 Å². The minimum Gasteiger partial charge on any atom is -0.321 e. The van der Waals surface area contributed by atoms with E-state index in [1.807, 2.05) is 6.07 Å². The molecule has 24 heavy (non-hydrogen) atoms.